The molecule has 1 N–H and O–H groups in total. The summed E-state index contributed by atoms with van der Waals surface area (Å²) in [6.07, 6.45) is 4.39. The molecule has 0 aliphatic heterocycles. The molecule has 0 heterocycles. The Labute approximate surface area is 128 Å². The number of benzene rings is 1. The zero-order valence-electron chi connectivity index (χ0n) is 13.8. The molecule has 1 aliphatic carbocycles. The highest BCUT2D eigenvalue weighted by Crippen LogP contribution is 2.44. The van der Waals surface area contributed by atoms with Crippen LogP contribution in [0.25, 0.3) is 0 Å². The summed E-state index contributed by atoms with van der Waals surface area (Å²) >= 11 is 0. The molecule has 1 aromatic rings. The van der Waals surface area contributed by atoms with Crippen LogP contribution in [-0.2, 0) is 0 Å². The number of likely N-dealkylation sites (N-methyl/N-ethyl adjacent to an activating group) is 1. The molecular weight excluding hydrogens is 262 g/mol. The second kappa shape index (κ2) is 6.80. The molecule has 21 heavy (non-hydrogen) atoms. The summed E-state index contributed by atoms with van der Waals surface area (Å²) in [7, 11) is 5.84. The molecular formula is C18H29NO2. The molecule has 1 fully saturated rings. The first-order valence-electron chi connectivity index (χ1n) is 7.98. The minimum atomic E-state index is -0.600. The summed E-state index contributed by atoms with van der Waals surface area (Å²) in [5.74, 6) is 1.36. The first kappa shape index (κ1) is 16.3. The Kier molecular flexibility index (Phi) is 5.28. The number of methoxy groups -OCH3 is 1. The van der Waals surface area contributed by atoms with Crippen LogP contribution >= 0.6 is 0 Å². The van der Waals surface area contributed by atoms with Crippen LogP contribution in [0.4, 0.5) is 0 Å². The van der Waals surface area contributed by atoms with Crippen molar-refractivity contribution in [1.82, 2.24) is 4.90 Å². The monoisotopic (exact) mass is 291 g/mol. The van der Waals surface area contributed by atoms with Gasteiger partial charge in [0.2, 0.25) is 0 Å². The SMILES string of the molecule is COc1ccc(C(CN(C)C)C2(O)CCCCC2C)cc1. The Balaban J connectivity index is 2.32. The normalized spacial score (nSPS) is 27.6. The van der Waals surface area contributed by atoms with Gasteiger partial charge in [0.05, 0.1) is 12.7 Å². The molecule has 3 nitrogen and oxygen atoms in total. The van der Waals surface area contributed by atoms with Crippen molar-refractivity contribution >= 4 is 0 Å². The van der Waals surface area contributed by atoms with Gasteiger partial charge in [-0.25, -0.2) is 0 Å². The van der Waals surface area contributed by atoms with E-state index in [1.165, 1.54) is 12.0 Å². The molecule has 3 unspecified atom stereocenters. The number of ether oxygens (including phenoxy) is 1. The van der Waals surface area contributed by atoms with Crippen LogP contribution in [0.3, 0.4) is 0 Å². The molecule has 118 valence electrons. The summed E-state index contributed by atoms with van der Waals surface area (Å²) in [5, 5.41) is 11.4. The van der Waals surface area contributed by atoms with Gasteiger partial charge >= 0.3 is 0 Å². The number of aliphatic hydroxyl groups is 1. The fourth-order valence-corrected chi connectivity index (χ4v) is 3.63. The zero-order chi connectivity index (χ0) is 15.5. The van der Waals surface area contributed by atoms with Gasteiger partial charge in [-0.2, -0.15) is 0 Å². The zero-order valence-corrected chi connectivity index (χ0v) is 13.8. The minimum absolute atomic E-state index is 0.147. The van der Waals surface area contributed by atoms with Gasteiger partial charge in [0.1, 0.15) is 5.75 Å². The number of hydrogen-bond acceptors (Lipinski definition) is 3. The van der Waals surface area contributed by atoms with Crippen LogP contribution in [-0.4, -0.2) is 43.4 Å². The Hall–Kier alpha value is -1.06. The van der Waals surface area contributed by atoms with Gasteiger partial charge < -0.3 is 14.7 Å². The van der Waals surface area contributed by atoms with Crippen LogP contribution in [0.2, 0.25) is 0 Å². The average molecular weight is 291 g/mol. The quantitative estimate of drug-likeness (QED) is 0.903. The molecule has 0 aromatic heterocycles. The maximum Gasteiger partial charge on any atom is 0.118 e. The van der Waals surface area contributed by atoms with Crippen molar-refractivity contribution in [2.45, 2.75) is 44.1 Å². The Morgan fingerprint density at radius 2 is 1.95 bits per heavy atom. The van der Waals surface area contributed by atoms with Gasteiger partial charge in [0, 0.05) is 12.5 Å². The van der Waals surface area contributed by atoms with E-state index in [1.807, 2.05) is 12.1 Å². The average Bonchev–Trinajstić information content (AvgIpc) is 2.48. The van der Waals surface area contributed by atoms with E-state index >= 15 is 0 Å². The van der Waals surface area contributed by atoms with E-state index in [4.69, 9.17) is 4.74 Å². The van der Waals surface area contributed by atoms with Crippen molar-refractivity contribution in [3.63, 3.8) is 0 Å². The molecule has 0 bridgehead atoms. The minimum Gasteiger partial charge on any atom is -0.497 e. The lowest BCUT2D eigenvalue weighted by Crippen LogP contribution is -2.48. The molecule has 0 spiro atoms. The highest BCUT2D eigenvalue weighted by molar-refractivity contribution is 5.31. The van der Waals surface area contributed by atoms with E-state index in [0.717, 1.165) is 31.6 Å². The third-order valence-electron chi connectivity index (χ3n) is 4.99. The fraction of sp³-hybridized carbons (Fsp3) is 0.667. The van der Waals surface area contributed by atoms with Crippen molar-refractivity contribution in [2.75, 3.05) is 27.7 Å². The van der Waals surface area contributed by atoms with Gasteiger partial charge in [0.25, 0.3) is 0 Å². The topological polar surface area (TPSA) is 32.7 Å². The van der Waals surface area contributed by atoms with Crippen LogP contribution < -0.4 is 4.74 Å². The van der Waals surface area contributed by atoms with Crippen molar-refractivity contribution < 1.29 is 9.84 Å². The lowest BCUT2D eigenvalue weighted by Gasteiger charge is -2.45. The first-order valence-corrected chi connectivity index (χ1v) is 7.98. The second-order valence-electron chi connectivity index (χ2n) is 6.73. The number of hydrogen-bond donors (Lipinski definition) is 1. The molecule has 3 heteroatoms. The predicted molar refractivity (Wildman–Crippen MR) is 86.9 cm³/mol. The molecule has 0 radical (unpaired) electrons. The highest BCUT2D eigenvalue weighted by atomic mass is 16.5. The van der Waals surface area contributed by atoms with Crippen molar-refractivity contribution in [3.8, 4) is 5.75 Å². The van der Waals surface area contributed by atoms with Crippen molar-refractivity contribution in [3.05, 3.63) is 29.8 Å². The predicted octanol–water partition coefficient (Wildman–Crippen LogP) is 3.28. The second-order valence-corrected chi connectivity index (χ2v) is 6.73. The molecule has 3 atom stereocenters. The van der Waals surface area contributed by atoms with Gasteiger partial charge in [0.15, 0.2) is 0 Å². The lowest BCUT2D eigenvalue weighted by molar-refractivity contribution is -0.0687. The van der Waals surface area contributed by atoms with E-state index in [0.29, 0.717) is 5.92 Å². The van der Waals surface area contributed by atoms with Crippen LogP contribution in [0, 0.1) is 5.92 Å². The molecule has 1 aliphatic rings. The van der Waals surface area contributed by atoms with E-state index < -0.39 is 5.60 Å². The summed E-state index contributed by atoms with van der Waals surface area (Å²) in [4.78, 5) is 2.17. The van der Waals surface area contributed by atoms with Gasteiger partial charge in [-0.1, -0.05) is 31.9 Å². The van der Waals surface area contributed by atoms with Crippen LogP contribution in [0.15, 0.2) is 24.3 Å². The third-order valence-corrected chi connectivity index (χ3v) is 4.99. The van der Waals surface area contributed by atoms with E-state index in [1.54, 1.807) is 7.11 Å². The smallest absolute Gasteiger partial charge is 0.118 e. The molecule has 0 amide bonds. The van der Waals surface area contributed by atoms with E-state index in [2.05, 4.69) is 38.1 Å². The molecule has 0 saturated heterocycles. The summed E-state index contributed by atoms with van der Waals surface area (Å²) in [6.45, 7) is 3.07. The highest BCUT2D eigenvalue weighted by Gasteiger charge is 2.43. The third kappa shape index (κ3) is 3.58. The standard InChI is InChI=1S/C18H29NO2/c1-14-7-5-6-12-18(14,20)17(13-19(2)3)15-8-10-16(21-4)11-9-15/h8-11,14,17,20H,5-7,12-13H2,1-4H3. The van der Waals surface area contributed by atoms with Crippen molar-refractivity contribution in [2.24, 2.45) is 5.92 Å². The maximum atomic E-state index is 11.4. The number of nitrogens with zero attached hydrogens (tertiary/aromatic N) is 1. The van der Waals surface area contributed by atoms with Crippen LogP contribution in [0.5, 0.6) is 5.75 Å². The largest absolute Gasteiger partial charge is 0.497 e. The Morgan fingerprint density at radius 3 is 2.48 bits per heavy atom. The van der Waals surface area contributed by atoms with Crippen LogP contribution in [0.1, 0.15) is 44.1 Å². The Bertz CT molecular complexity index is 443. The van der Waals surface area contributed by atoms with Gasteiger partial charge in [-0.15, -0.1) is 0 Å². The van der Waals surface area contributed by atoms with Crippen molar-refractivity contribution in [1.29, 1.82) is 0 Å². The van der Waals surface area contributed by atoms with Gasteiger partial charge in [-0.3, -0.25) is 0 Å². The Morgan fingerprint density at radius 1 is 1.29 bits per heavy atom. The number of rotatable bonds is 5. The van der Waals surface area contributed by atoms with Gasteiger partial charge in [-0.05, 0) is 50.6 Å². The van der Waals surface area contributed by atoms with E-state index in [-0.39, 0.29) is 5.92 Å². The molecule has 1 aromatic carbocycles. The van der Waals surface area contributed by atoms with E-state index in [9.17, 15) is 5.11 Å². The summed E-state index contributed by atoms with van der Waals surface area (Å²) < 4.78 is 5.25. The first-order chi connectivity index (χ1) is 9.97. The molecule has 1 saturated carbocycles. The maximum absolute atomic E-state index is 11.4. The molecule has 2 rings (SSSR count). The lowest BCUT2D eigenvalue weighted by atomic mass is 9.67. The summed E-state index contributed by atoms with van der Waals surface area (Å²) in [5.41, 5.74) is 0.609. The summed E-state index contributed by atoms with van der Waals surface area (Å²) in [6, 6.07) is 8.20. The fourth-order valence-electron chi connectivity index (χ4n) is 3.63.